The number of anilines is 1. The standard InChI is InChI=1S/C16H20F4N.C11H18O.C7H14O2.K/c1-4-13-7-10(2)9-21(13)15-8-12(16(18,19)20)5-6-14(15)11(3)17;1-8-6-10-4-3-5-11(10,7-8)9(2)12;1-6-3-4-9-5-7(6)8-2;/h5-6,8,10,13H,4,7,9H2,1-3H3;8,10H,3-7H2,1-2H3;6-7H,3-5H2,1-2H3;/q-1;;;+1. The van der Waals surface area contributed by atoms with E-state index in [1.165, 1.54) is 45.1 Å². The molecule has 0 aromatic heterocycles. The van der Waals surface area contributed by atoms with Gasteiger partial charge in [-0.15, -0.1) is 11.6 Å². The molecule has 240 valence electrons. The summed E-state index contributed by atoms with van der Waals surface area (Å²) in [5.74, 6) is 3.07. The van der Waals surface area contributed by atoms with Crippen molar-refractivity contribution in [2.45, 2.75) is 111 Å². The van der Waals surface area contributed by atoms with Crippen molar-refractivity contribution in [1.29, 1.82) is 0 Å². The Bertz CT molecular complexity index is 1020. The van der Waals surface area contributed by atoms with E-state index in [0.717, 1.165) is 56.4 Å². The molecule has 2 saturated carbocycles. The average Bonchev–Trinajstić information content (AvgIpc) is 3.60. The van der Waals surface area contributed by atoms with Crippen LogP contribution in [0.15, 0.2) is 18.2 Å². The second kappa shape index (κ2) is 17.1. The monoisotopic (exact) mass is 637 g/mol. The molecule has 7 unspecified atom stereocenters. The number of alkyl halides is 3. The normalized spacial score (nSPS) is 31.7. The predicted octanol–water partition coefficient (Wildman–Crippen LogP) is 6.05. The van der Waals surface area contributed by atoms with Gasteiger partial charge in [-0.1, -0.05) is 52.8 Å². The summed E-state index contributed by atoms with van der Waals surface area (Å²) < 4.78 is 62.9. The smallest absolute Gasteiger partial charge is 0.420 e. The van der Waals surface area contributed by atoms with Crippen LogP contribution in [0, 0.1) is 35.3 Å². The fourth-order valence-electron chi connectivity index (χ4n) is 7.74. The summed E-state index contributed by atoms with van der Waals surface area (Å²) in [6.07, 6.45) is 4.63. The Labute approximate surface area is 299 Å². The minimum atomic E-state index is -4.41. The Morgan fingerprint density at radius 3 is 2.37 bits per heavy atom. The molecular formula is C34H52F4KNO3. The molecule has 1 aromatic rings. The van der Waals surface area contributed by atoms with Gasteiger partial charge in [-0.3, -0.25) is 9.18 Å². The van der Waals surface area contributed by atoms with Crippen LogP contribution in [0.25, 0.3) is 0 Å². The summed E-state index contributed by atoms with van der Waals surface area (Å²) in [6, 6.07) is 3.44. The molecule has 0 spiro atoms. The van der Waals surface area contributed by atoms with Crippen LogP contribution in [0.1, 0.15) is 104 Å². The van der Waals surface area contributed by atoms with Gasteiger partial charge in [0.05, 0.1) is 12.7 Å². The second-order valence-corrected chi connectivity index (χ2v) is 13.3. The van der Waals surface area contributed by atoms with Gasteiger partial charge in [0, 0.05) is 37.3 Å². The van der Waals surface area contributed by atoms with E-state index in [9.17, 15) is 22.4 Å². The molecule has 0 bridgehead atoms. The SMILES string of the molecule is CC(=O)C12CCCC1CC(C)C2.CCC1CC(C)CN1c1cc(C(F)(F)F)ccc1[C-](C)F.COC1COCCC1C.[K+]. The van der Waals surface area contributed by atoms with E-state index in [4.69, 9.17) is 9.47 Å². The molecule has 4 nitrogen and oxygen atoms in total. The van der Waals surface area contributed by atoms with Crippen LogP contribution >= 0.6 is 0 Å². The average molecular weight is 638 g/mol. The van der Waals surface area contributed by atoms with Crippen molar-refractivity contribution < 1.29 is 83.2 Å². The van der Waals surface area contributed by atoms with Crippen LogP contribution in [0.3, 0.4) is 0 Å². The molecule has 4 fully saturated rings. The molecular weight excluding hydrogens is 585 g/mol. The number of hydrogen-bond acceptors (Lipinski definition) is 4. The number of rotatable bonds is 5. The van der Waals surface area contributed by atoms with Crippen LogP contribution < -0.4 is 56.3 Å². The quantitative estimate of drug-likeness (QED) is 0.224. The summed E-state index contributed by atoms with van der Waals surface area (Å²) in [4.78, 5) is 13.5. The first-order chi connectivity index (χ1) is 19.7. The van der Waals surface area contributed by atoms with Crippen molar-refractivity contribution in [3.63, 3.8) is 0 Å². The van der Waals surface area contributed by atoms with E-state index >= 15 is 0 Å². The van der Waals surface area contributed by atoms with Crippen molar-refractivity contribution in [1.82, 2.24) is 0 Å². The Kier molecular flexibility index (Phi) is 15.5. The summed E-state index contributed by atoms with van der Waals surface area (Å²) in [5.41, 5.74) is 0.0351. The third-order valence-corrected chi connectivity index (χ3v) is 10.1. The van der Waals surface area contributed by atoms with E-state index < -0.39 is 17.9 Å². The predicted molar refractivity (Wildman–Crippen MR) is 160 cm³/mol. The van der Waals surface area contributed by atoms with Crippen molar-refractivity contribution in [2.75, 3.05) is 31.8 Å². The molecule has 1 aromatic carbocycles. The largest absolute Gasteiger partial charge is 1.00 e. The third kappa shape index (κ3) is 9.91. The van der Waals surface area contributed by atoms with E-state index in [1.54, 1.807) is 14.0 Å². The number of carbonyl (C=O) groups is 1. The Morgan fingerprint density at radius 2 is 1.86 bits per heavy atom. The molecule has 2 saturated heterocycles. The van der Waals surface area contributed by atoms with Gasteiger partial charge < -0.3 is 14.4 Å². The van der Waals surface area contributed by atoms with Crippen LogP contribution in [0.2, 0.25) is 0 Å². The van der Waals surface area contributed by atoms with Crippen molar-refractivity contribution in [2.24, 2.45) is 29.1 Å². The zero-order valence-corrected chi connectivity index (χ0v) is 30.8. The zero-order chi connectivity index (χ0) is 31.2. The summed E-state index contributed by atoms with van der Waals surface area (Å²) in [6.45, 7) is 14.0. The molecule has 2 aliphatic carbocycles. The maximum absolute atomic E-state index is 13.7. The number of Topliss-reactive ketones (excluding diaryl/α,β-unsaturated/α-hetero) is 1. The van der Waals surface area contributed by atoms with Gasteiger partial charge in [0.1, 0.15) is 5.78 Å². The number of carbonyl (C=O) groups excluding carboxylic acids is 1. The summed E-state index contributed by atoms with van der Waals surface area (Å²) in [7, 11) is 1.75. The molecule has 2 heterocycles. The maximum atomic E-state index is 13.7. The Balaban J connectivity index is 0.000000247. The number of halogens is 4. The van der Waals surface area contributed by atoms with E-state index in [-0.39, 0.29) is 68.4 Å². The molecule has 4 aliphatic rings. The maximum Gasteiger partial charge on any atom is 1.00 e. The van der Waals surface area contributed by atoms with Crippen LogP contribution in [-0.2, 0) is 20.4 Å². The van der Waals surface area contributed by atoms with Crippen LogP contribution in [0.5, 0.6) is 0 Å². The first-order valence-corrected chi connectivity index (χ1v) is 15.8. The minimum Gasteiger partial charge on any atom is -0.420 e. The Hall–Kier alpha value is -0.164. The molecule has 7 atom stereocenters. The number of fused-ring (bicyclic) bond motifs is 1. The van der Waals surface area contributed by atoms with Gasteiger partial charge >= 0.3 is 57.6 Å². The molecule has 0 N–H and O–H groups in total. The van der Waals surface area contributed by atoms with Gasteiger partial charge in [-0.05, 0) is 81.7 Å². The topological polar surface area (TPSA) is 38.8 Å². The molecule has 2 aliphatic heterocycles. The van der Waals surface area contributed by atoms with Crippen molar-refractivity contribution in [3.8, 4) is 0 Å². The third-order valence-electron chi connectivity index (χ3n) is 10.1. The van der Waals surface area contributed by atoms with Crippen LogP contribution in [0.4, 0.5) is 23.2 Å². The van der Waals surface area contributed by atoms with Gasteiger partial charge in [-0.25, -0.2) is 0 Å². The number of hydrogen-bond donors (Lipinski definition) is 0. The van der Waals surface area contributed by atoms with E-state index in [0.29, 0.717) is 36.0 Å². The van der Waals surface area contributed by atoms with Gasteiger partial charge in [0.25, 0.3) is 0 Å². The summed E-state index contributed by atoms with van der Waals surface area (Å²) >= 11 is 0. The molecule has 43 heavy (non-hydrogen) atoms. The van der Waals surface area contributed by atoms with Gasteiger partial charge in [-0.2, -0.15) is 19.2 Å². The number of methoxy groups -OCH3 is 1. The Morgan fingerprint density at radius 1 is 1.16 bits per heavy atom. The van der Waals surface area contributed by atoms with E-state index in [2.05, 4.69) is 20.8 Å². The van der Waals surface area contributed by atoms with Gasteiger partial charge in [0.2, 0.25) is 0 Å². The number of nitrogens with zero attached hydrogens (tertiary/aromatic N) is 1. The first kappa shape index (κ1) is 39.0. The second-order valence-electron chi connectivity index (χ2n) is 13.3. The minimum absolute atomic E-state index is 0. The fourth-order valence-corrected chi connectivity index (χ4v) is 7.74. The molecule has 9 heteroatoms. The van der Waals surface area contributed by atoms with E-state index in [1.807, 2.05) is 11.8 Å². The molecule has 0 radical (unpaired) electrons. The molecule has 0 amide bonds. The van der Waals surface area contributed by atoms with Gasteiger partial charge in [0.15, 0.2) is 0 Å². The zero-order valence-electron chi connectivity index (χ0n) is 27.7. The van der Waals surface area contributed by atoms with Crippen molar-refractivity contribution in [3.05, 3.63) is 35.5 Å². The number of ether oxygens (including phenoxy) is 2. The van der Waals surface area contributed by atoms with Crippen LogP contribution in [-0.4, -0.2) is 44.8 Å². The van der Waals surface area contributed by atoms with Crippen molar-refractivity contribution >= 4 is 11.5 Å². The molecule has 5 rings (SSSR count). The fraction of sp³-hybridized carbons (Fsp3) is 0.765. The number of ketones is 1. The first-order valence-electron chi connectivity index (χ1n) is 15.8. The number of benzene rings is 1. The summed E-state index contributed by atoms with van der Waals surface area (Å²) in [5, 5.41) is 0.